The number of methoxy groups -OCH3 is 1. The monoisotopic (exact) mass is 322 g/mol. The van der Waals surface area contributed by atoms with Crippen molar-refractivity contribution in [2.75, 3.05) is 26.1 Å². The van der Waals surface area contributed by atoms with Gasteiger partial charge < -0.3 is 25.2 Å². The summed E-state index contributed by atoms with van der Waals surface area (Å²) < 4.78 is 9.28. The van der Waals surface area contributed by atoms with Gasteiger partial charge in [-0.2, -0.15) is 12.6 Å². The highest BCUT2D eigenvalue weighted by molar-refractivity contribution is 7.80. The minimum Gasteiger partial charge on any atom is -0.467 e. The predicted molar refractivity (Wildman–Crippen MR) is 78.1 cm³/mol. The Balaban J connectivity index is 4.40. The van der Waals surface area contributed by atoms with Crippen LogP contribution in [0.1, 0.15) is 19.8 Å². The van der Waals surface area contributed by atoms with E-state index in [1.54, 1.807) is 0 Å². The maximum atomic E-state index is 11.9. The molecular weight excluding hydrogens is 300 g/mol. The van der Waals surface area contributed by atoms with Crippen molar-refractivity contribution >= 4 is 30.6 Å². The van der Waals surface area contributed by atoms with Crippen LogP contribution in [-0.2, 0) is 19.1 Å². The van der Waals surface area contributed by atoms with E-state index in [0.29, 0.717) is 0 Å². The number of carbonyl (C=O) groups is 3. The van der Waals surface area contributed by atoms with Crippen LogP contribution < -0.4 is 10.6 Å². The van der Waals surface area contributed by atoms with Gasteiger partial charge in [0.05, 0.1) is 20.3 Å². The molecule has 9 heteroatoms. The average Bonchev–Trinajstić information content (AvgIpc) is 2.49. The molecule has 0 aliphatic rings. The van der Waals surface area contributed by atoms with Gasteiger partial charge in [-0.15, -0.1) is 0 Å². The first-order valence-corrected chi connectivity index (χ1v) is 7.16. The van der Waals surface area contributed by atoms with Crippen molar-refractivity contribution < 1.29 is 29.0 Å². The van der Waals surface area contributed by atoms with Crippen molar-refractivity contribution in [2.24, 2.45) is 0 Å². The van der Waals surface area contributed by atoms with Crippen molar-refractivity contribution in [1.82, 2.24) is 10.6 Å². The van der Waals surface area contributed by atoms with Gasteiger partial charge in [0.1, 0.15) is 6.04 Å². The minimum absolute atomic E-state index is 0.00797. The second-order valence-corrected chi connectivity index (χ2v) is 4.50. The van der Waals surface area contributed by atoms with E-state index in [2.05, 4.69) is 28.0 Å². The standard InChI is InChI=1S/C12H22N2O6S/c1-3-4-5-20-12(18)14-9(7-21)10(16)13-8(6-15)11(17)19-2/h8-9,15,21H,3-7H2,1-2H3,(H,13,16)(H,14,18)/t8-,9-/m0/s1. The lowest BCUT2D eigenvalue weighted by Crippen LogP contribution is -2.53. The van der Waals surface area contributed by atoms with Gasteiger partial charge in [-0.05, 0) is 6.42 Å². The lowest BCUT2D eigenvalue weighted by molar-refractivity contribution is -0.146. The highest BCUT2D eigenvalue weighted by Crippen LogP contribution is 1.95. The molecule has 0 bridgehead atoms. The smallest absolute Gasteiger partial charge is 0.407 e. The first-order valence-electron chi connectivity index (χ1n) is 6.53. The van der Waals surface area contributed by atoms with Crippen molar-refractivity contribution in [3.8, 4) is 0 Å². The van der Waals surface area contributed by atoms with E-state index < -0.39 is 36.7 Å². The molecule has 0 aromatic rings. The van der Waals surface area contributed by atoms with Gasteiger partial charge in [-0.25, -0.2) is 9.59 Å². The second kappa shape index (κ2) is 11.2. The summed E-state index contributed by atoms with van der Waals surface area (Å²) >= 11 is 3.96. The molecule has 8 nitrogen and oxygen atoms in total. The number of hydrogen-bond acceptors (Lipinski definition) is 7. The first-order chi connectivity index (χ1) is 9.99. The topological polar surface area (TPSA) is 114 Å². The minimum atomic E-state index is -1.19. The predicted octanol–water partition coefficient (Wildman–Crippen LogP) is -0.539. The Kier molecular flexibility index (Phi) is 10.4. The zero-order chi connectivity index (χ0) is 16.3. The number of ether oxygens (including phenoxy) is 2. The van der Waals surface area contributed by atoms with Crippen LogP contribution in [0.25, 0.3) is 0 Å². The molecule has 0 aromatic heterocycles. The molecule has 0 aromatic carbocycles. The number of rotatable bonds is 9. The molecule has 0 rings (SSSR count). The molecule has 0 saturated heterocycles. The lowest BCUT2D eigenvalue weighted by atomic mass is 10.2. The molecule has 3 N–H and O–H groups in total. The molecule has 0 aliphatic carbocycles. The number of unbranched alkanes of at least 4 members (excludes halogenated alkanes) is 1. The summed E-state index contributed by atoms with van der Waals surface area (Å²) in [6.45, 7) is 1.59. The Hall–Kier alpha value is -1.48. The van der Waals surface area contributed by atoms with Gasteiger partial charge in [0.2, 0.25) is 5.91 Å². The highest BCUT2D eigenvalue weighted by atomic mass is 32.1. The summed E-state index contributed by atoms with van der Waals surface area (Å²) in [5.74, 6) is -1.44. The van der Waals surface area contributed by atoms with Gasteiger partial charge in [0.15, 0.2) is 6.04 Å². The molecule has 0 radical (unpaired) electrons. The van der Waals surface area contributed by atoms with Gasteiger partial charge >= 0.3 is 12.1 Å². The van der Waals surface area contributed by atoms with E-state index in [9.17, 15) is 14.4 Å². The summed E-state index contributed by atoms with van der Waals surface area (Å²) in [6, 6.07) is -2.18. The third-order valence-corrected chi connectivity index (χ3v) is 2.87. The Morgan fingerprint density at radius 1 is 1.24 bits per heavy atom. The van der Waals surface area contributed by atoms with Crippen LogP contribution in [0.4, 0.5) is 4.79 Å². The molecule has 0 spiro atoms. The van der Waals surface area contributed by atoms with Crippen LogP contribution in [0.15, 0.2) is 0 Å². The third-order valence-electron chi connectivity index (χ3n) is 2.51. The Bertz CT molecular complexity index is 353. The quantitative estimate of drug-likeness (QED) is 0.258. The van der Waals surface area contributed by atoms with Crippen LogP contribution in [0.5, 0.6) is 0 Å². The fraction of sp³-hybridized carbons (Fsp3) is 0.750. The number of hydrogen-bond donors (Lipinski definition) is 4. The lowest BCUT2D eigenvalue weighted by Gasteiger charge is -2.19. The number of alkyl carbamates (subject to hydrolysis) is 1. The number of esters is 1. The Morgan fingerprint density at radius 3 is 2.38 bits per heavy atom. The van der Waals surface area contributed by atoms with Gasteiger partial charge in [-0.3, -0.25) is 4.79 Å². The third kappa shape index (κ3) is 7.76. The van der Waals surface area contributed by atoms with E-state index in [1.807, 2.05) is 6.92 Å². The number of aliphatic hydroxyl groups excluding tert-OH is 1. The largest absolute Gasteiger partial charge is 0.467 e. The van der Waals surface area contributed by atoms with Crippen LogP contribution in [0.3, 0.4) is 0 Å². The van der Waals surface area contributed by atoms with Crippen LogP contribution in [0, 0.1) is 0 Å². The normalized spacial score (nSPS) is 13.0. The van der Waals surface area contributed by atoms with Crippen LogP contribution >= 0.6 is 12.6 Å². The van der Waals surface area contributed by atoms with E-state index in [4.69, 9.17) is 9.84 Å². The fourth-order valence-electron chi connectivity index (χ4n) is 1.28. The number of nitrogens with one attached hydrogen (secondary N) is 2. The SMILES string of the molecule is CCCCOC(=O)N[C@@H](CS)C(=O)N[C@@H](CO)C(=O)OC. The summed E-state index contributed by atoms with van der Waals surface area (Å²) in [4.78, 5) is 34.6. The zero-order valence-corrected chi connectivity index (χ0v) is 13.0. The molecule has 21 heavy (non-hydrogen) atoms. The number of carbonyl (C=O) groups excluding carboxylic acids is 3. The summed E-state index contributed by atoms with van der Waals surface area (Å²) in [6.07, 6.45) is 0.859. The van der Waals surface area contributed by atoms with Gasteiger partial charge in [0, 0.05) is 5.75 Å². The summed E-state index contributed by atoms with van der Waals surface area (Å²) in [7, 11) is 1.14. The Morgan fingerprint density at radius 2 is 1.90 bits per heavy atom. The van der Waals surface area contributed by atoms with Crippen molar-refractivity contribution in [3.63, 3.8) is 0 Å². The van der Waals surface area contributed by atoms with E-state index >= 15 is 0 Å². The second-order valence-electron chi connectivity index (χ2n) is 4.14. The van der Waals surface area contributed by atoms with Gasteiger partial charge in [-0.1, -0.05) is 13.3 Å². The molecule has 0 heterocycles. The summed E-state index contributed by atoms with van der Waals surface area (Å²) in [5, 5.41) is 13.6. The molecule has 122 valence electrons. The molecule has 0 unspecified atom stereocenters. The fourth-order valence-corrected chi connectivity index (χ4v) is 1.54. The molecule has 0 aliphatic heterocycles. The maximum absolute atomic E-state index is 11.9. The maximum Gasteiger partial charge on any atom is 0.407 e. The van der Waals surface area contributed by atoms with E-state index in [1.165, 1.54) is 0 Å². The molecule has 2 atom stereocenters. The number of thiol groups is 1. The van der Waals surface area contributed by atoms with Crippen molar-refractivity contribution in [1.29, 1.82) is 0 Å². The molecule has 0 fully saturated rings. The number of aliphatic hydroxyl groups is 1. The van der Waals surface area contributed by atoms with Crippen LogP contribution in [-0.4, -0.2) is 61.2 Å². The molecule has 0 saturated carbocycles. The molecule has 2 amide bonds. The first kappa shape index (κ1) is 19.5. The highest BCUT2D eigenvalue weighted by Gasteiger charge is 2.26. The average molecular weight is 322 g/mol. The van der Waals surface area contributed by atoms with E-state index in [0.717, 1.165) is 20.0 Å². The summed E-state index contributed by atoms with van der Waals surface area (Å²) in [5.41, 5.74) is 0. The number of amides is 2. The van der Waals surface area contributed by atoms with Crippen molar-refractivity contribution in [2.45, 2.75) is 31.8 Å². The molecular formula is C12H22N2O6S. The van der Waals surface area contributed by atoms with Gasteiger partial charge in [0.25, 0.3) is 0 Å². The van der Waals surface area contributed by atoms with E-state index in [-0.39, 0.29) is 12.4 Å². The van der Waals surface area contributed by atoms with Crippen molar-refractivity contribution in [3.05, 3.63) is 0 Å². The zero-order valence-electron chi connectivity index (χ0n) is 12.1. The van der Waals surface area contributed by atoms with Crippen LogP contribution in [0.2, 0.25) is 0 Å². The Labute approximate surface area is 129 Å².